The van der Waals surface area contributed by atoms with Crippen molar-refractivity contribution in [2.24, 2.45) is 0 Å². The molecule has 17 heavy (non-hydrogen) atoms. The summed E-state index contributed by atoms with van der Waals surface area (Å²) in [6.45, 7) is 0.865. The van der Waals surface area contributed by atoms with Crippen molar-refractivity contribution in [3.63, 3.8) is 0 Å². The summed E-state index contributed by atoms with van der Waals surface area (Å²) in [5.74, 6) is 0. The van der Waals surface area contributed by atoms with Crippen LogP contribution >= 0.6 is 0 Å². The standard InChI is InChI=1S/C14H17N3/c1-15-14-8-11(9-16-10-6-7-10)17-13-5-3-2-4-12(13)14/h2-5,8,10,16H,6-7,9H2,1H3,(H,15,17). The summed E-state index contributed by atoms with van der Waals surface area (Å²) in [5.41, 5.74) is 3.33. The highest BCUT2D eigenvalue weighted by Gasteiger charge is 2.20. The fourth-order valence-electron chi connectivity index (χ4n) is 2.06. The van der Waals surface area contributed by atoms with Gasteiger partial charge in [-0.1, -0.05) is 18.2 Å². The van der Waals surface area contributed by atoms with Crippen molar-refractivity contribution < 1.29 is 0 Å². The van der Waals surface area contributed by atoms with Crippen molar-refractivity contribution in [3.8, 4) is 0 Å². The van der Waals surface area contributed by atoms with Crippen LogP contribution in [0.5, 0.6) is 0 Å². The number of nitrogens with one attached hydrogen (secondary N) is 2. The molecule has 0 bridgehead atoms. The van der Waals surface area contributed by atoms with Crippen molar-refractivity contribution in [2.45, 2.75) is 25.4 Å². The number of fused-ring (bicyclic) bond motifs is 1. The maximum Gasteiger partial charge on any atom is 0.0726 e. The molecule has 2 N–H and O–H groups in total. The van der Waals surface area contributed by atoms with Crippen molar-refractivity contribution in [1.29, 1.82) is 0 Å². The summed E-state index contributed by atoms with van der Waals surface area (Å²) in [6.07, 6.45) is 2.62. The molecule has 0 spiro atoms. The number of pyridine rings is 1. The van der Waals surface area contributed by atoms with Crippen LogP contribution < -0.4 is 10.6 Å². The Kier molecular flexibility index (Phi) is 2.69. The predicted octanol–water partition coefficient (Wildman–Crippen LogP) is 2.53. The Hall–Kier alpha value is -1.61. The van der Waals surface area contributed by atoms with E-state index >= 15 is 0 Å². The van der Waals surface area contributed by atoms with Crippen LogP contribution in [0, 0.1) is 0 Å². The molecule has 1 aliphatic carbocycles. The van der Waals surface area contributed by atoms with Gasteiger partial charge in [0.05, 0.1) is 11.2 Å². The van der Waals surface area contributed by atoms with Crippen LogP contribution in [0.15, 0.2) is 30.3 Å². The van der Waals surface area contributed by atoms with E-state index in [4.69, 9.17) is 0 Å². The molecule has 1 saturated carbocycles. The van der Waals surface area contributed by atoms with Gasteiger partial charge in [-0.15, -0.1) is 0 Å². The number of rotatable bonds is 4. The summed E-state index contributed by atoms with van der Waals surface area (Å²) in [5, 5.41) is 7.93. The minimum Gasteiger partial charge on any atom is -0.388 e. The predicted molar refractivity (Wildman–Crippen MR) is 71.2 cm³/mol. The first-order chi connectivity index (χ1) is 8.36. The van der Waals surface area contributed by atoms with Crippen molar-refractivity contribution >= 4 is 16.6 Å². The molecule has 0 unspecified atom stereocenters. The van der Waals surface area contributed by atoms with Crippen LogP contribution in [-0.4, -0.2) is 18.1 Å². The molecule has 1 aromatic heterocycles. The van der Waals surface area contributed by atoms with Crippen LogP contribution in [0.1, 0.15) is 18.5 Å². The van der Waals surface area contributed by atoms with E-state index in [-0.39, 0.29) is 0 Å². The number of aromatic nitrogens is 1. The average Bonchev–Trinajstić information content (AvgIpc) is 3.19. The van der Waals surface area contributed by atoms with E-state index in [1.165, 1.54) is 18.2 Å². The highest BCUT2D eigenvalue weighted by Crippen LogP contribution is 2.23. The number of hydrogen-bond acceptors (Lipinski definition) is 3. The minimum atomic E-state index is 0.723. The van der Waals surface area contributed by atoms with Gasteiger partial charge in [0.1, 0.15) is 0 Å². The maximum atomic E-state index is 4.68. The van der Waals surface area contributed by atoms with E-state index in [2.05, 4.69) is 33.8 Å². The van der Waals surface area contributed by atoms with Gasteiger partial charge in [-0.2, -0.15) is 0 Å². The normalized spacial score (nSPS) is 15.1. The molecule has 3 heteroatoms. The Morgan fingerprint density at radius 2 is 2.12 bits per heavy atom. The Morgan fingerprint density at radius 3 is 2.88 bits per heavy atom. The maximum absolute atomic E-state index is 4.68. The number of benzene rings is 1. The fourth-order valence-corrected chi connectivity index (χ4v) is 2.06. The summed E-state index contributed by atoms with van der Waals surface area (Å²) in [7, 11) is 1.96. The summed E-state index contributed by atoms with van der Waals surface area (Å²) in [4.78, 5) is 4.68. The zero-order valence-corrected chi connectivity index (χ0v) is 10.0. The molecule has 1 fully saturated rings. The van der Waals surface area contributed by atoms with E-state index in [9.17, 15) is 0 Å². The van der Waals surface area contributed by atoms with Crippen LogP contribution in [-0.2, 0) is 6.54 Å². The third-order valence-corrected chi connectivity index (χ3v) is 3.19. The molecule has 0 atom stereocenters. The van der Waals surface area contributed by atoms with E-state index in [0.29, 0.717) is 0 Å². The van der Waals surface area contributed by atoms with Crippen molar-refractivity contribution in [1.82, 2.24) is 10.3 Å². The number of hydrogen-bond donors (Lipinski definition) is 2. The van der Waals surface area contributed by atoms with E-state index in [1.54, 1.807) is 0 Å². The van der Waals surface area contributed by atoms with Gasteiger partial charge in [0, 0.05) is 30.7 Å². The molecule has 1 aromatic carbocycles. The van der Waals surface area contributed by atoms with Crippen LogP contribution in [0.25, 0.3) is 10.9 Å². The lowest BCUT2D eigenvalue weighted by molar-refractivity contribution is 0.676. The minimum absolute atomic E-state index is 0.723. The van der Waals surface area contributed by atoms with Gasteiger partial charge in [0.25, 0.3) is 0 Å². The fraction of sp³-hybridized carbons (Fsp3) is 0.357. The molecule has 1 aliphatic rings. The quantitative estimate of drug-likeness (QED) is 0.842. The van der Waals surface area contributed by atoms with Crippen molar-refractivity contribution in [3.05, 3.63) is 36.0 Å². The molecule has 88 valence electrons. The Morgan fingerprint density at radius 1 is 1.29 bits per heavy atom. The second kappa shape index (κ2) is 4.34. The molecule has 2 aromatic rings. The van der Waals surface area contributed by atoms with Gasteiger partial charge >= 0.3 is 0 Å². The molecule has 0 radical (unpaired) electrons. The van der Waals surface area contributed by atoms with Gasteiger partial charge in [-0.05, 0) is 25.0 Å². The number of nitrogens with zero attached hydrogens (tertiary/aromatic N) is 1. The lowest BCUT2D eigenvalue weighted by Crippen LogP contribution is -2.16. The molecule has 3 nitrogen and oxygen atoms in total. The first-order valence-electron chi connectivity index (χ1n) is 6.16. The zero-order valence-electron chi connectivity index (χ0n) is 10.0. The topological polar surface area (TPSA) is 37.0 Å². The second-order valence-corrected chi connectivity index (χ2v) is 4.58. The molecular formula is C14H17N3. The van der Waals surface area contributed by atoms with Gasteiger partial charge < -0.3 is 10.6 Å². The smallest absolute Gasteiger partial charge is 0.0726 e. The second-order valence-electron chi connectivity index (χ2n) is 4.58. The highest BCUT2D eigenvalue weighted by molar-refractivity contribution is 5.91. The molecule has 0 aliphatic heterocycles. The third-order valence-electron chi connectivity index (χ3n) is 3.19. The third kappa shape index (κ3) is 2.24. The number of para-hydroxylation sites is 1. The van der Waals surface area contributed by atoms with Gasteiger partial charge in [0.15, 0.2) is 0 Å². The van der Waals surface area contributed by atoms with Crippen molar-refractivity contribution in [2.75, 3.05) is 12.4 Å². The van der Waals surface area contributed by atoms with E-state index in [1.807, 2.05) is 19.2 Å². The van der Waals surface area contributed by atoms with Crippen LogP contribution in [0.2, 0.25) is 0 Å². The summed E-state index contributed by atoms with van der Waals surface area (Å²) < 4.78 is 0. The first-order valence-corrected chi connectivity index (χ1v) is 6.16. The zero-order chi connectivity index (χ0) is 11.7. The highest BCUT2D eigenvalue weighted by atomic mass is 15.0. The molecule has 0 amide bonds. The molecule has 3 rings (SSSR count). The first kappa shape index (κ1) is 10.5. The van der Waals surface area contributed by atoms with Crippen LogP contribution in [0.3, 0.4) is 0 Å². The summed E-state index contributed by atoms with van der Waals surface area (Å²) >= 11 is 0. The monoisotopic (exact) mass is 227 g/mol. The molecule has 0 saturated heterocycles. The van der Waals surface area contributed by atoms with Gasteiger partial charge in [0.2, 0.25) is 0 Å². The van der Waals surface area contributed by atoms with Gasteiger partial charge in [-0.25, -0.2) is 0 Å². The van der Waals surface area contributed by atoms with E-state index < -0.39 is 0 Å². The Balaban J connectivity index is 1.95. The molecule has 1 heterocycles. The number of anilines is 1. The van der Waals surface area contributed by atoms with Gasteiger partial charge in [-0.3, -0.25) is 4.98 Å². The Bertz CT molecular complexity index is 532. The van der Waals surface area contributed by atoms with E-state index in [0.717, 1.165) is 29.5 Å². The lowest BCUT2D eigenvalue weighted by atomic mass is 10.1. The van der Waals surface area contributed by atoms with Crippen LogP contribution in [0.4, 0.5) is 5.69 Å². The molecular weight excluding hydrogens is 210 g/mol. The summed E-state index contributed by atoms with van der Waals surface area (Å²) in [6, 6.07) is 11.1. The Labute approximate surface area is 101 Å². The SMILES string of the molecule is CNc1cc(CNC2CC2)nc2ccccc12. The average molecular weight is 227 g/mol. The lowest BCUT2D eigenvalue weighted by Gasteiger charge is -2.09. The largest absolute Gasteiger partial charge is 0.388 e.